The molecule has 1 aliphatic rings. The smallest absolute Gasteiger partial charge is 0.335 e. The molecule has 8 nitrogen and oxygen atoms in total. The number of nitrogens with zero attached hydrogens (tertiary/aromatic N) is 3. The van der Waals surface area contributed by atoms with E-state index >= 15 is 8.78 Å². The summed E-state index contributed by atoms with van der Waals surface area (Å²) in [7, 11) is 0. The zero-order chi connectivity index (χ0) is 30.8. The third kappa shape index (κ3) is 6.04. The standard InChI is InChI=1S/C33H27F3N4O4/c34-25-11-19(16-37)6-7-21(25)18-44-32-5-1-4-28(39-32)24-15-26(35)22(12-27(24)36)14-31-38-29-9-8-20(33(41)42)13-30(29)40(31)17-23-3-2-10-43-23/h1,4-9,11-13,15-16,23,37H,2-3,10,14,17-18H2,(H,41,42)/t23-/m0/s1. The fourth-order valence-corrected chi connectivity index (χ4v) is 5.29. The van der Waals surface area contributed by atoms with E-state index in [0.717, 1.165) is 31.2 Å². The molecule has 5 aromatic rings. The summed E-state index contributed by atoms with van der Waals surface area (Å²) in [6, 6.07) is 15.7. The second-order valence-electron chi connectivity index (χ2n) is 10.5. The van der Waals surface area contributed by atoms with Crippen molar-refractivity contribution in [2.24, 2.45) is 0 Å². The second kappa shape index (κ2) is 12.3. The maximum absolute atomic E-state index is 15.5. The van der Waals surface area contributed by atoms with E-state index in [1.807, 2.05) is 4.57 Å². The molecule has 1 aliphatic heterocycles. The SMILES string of the molecule is N=Cc1ccc(COc2cccc(-c3cc(F)c(Cc4nc5ccc(C(=O)O)cc5n4C[C@@H]4CCCO4)cc3F)n2)c(F)c1. The normalized spacial score (nSPS) is 14.7. The topological polar surface area (TPSA) is 110 Å². The summed E-state index contributed by atoms with van der Waals surface area (Å²) >= 11 is 0. The van der Waals surface area contributed by atoms with Crippen LogP contribution in [0.1, 0.15) is 45.7 Å². The number of hydrogen-bond donors (Lipinski definition) is 2. The summed E-state index contributed by atoms with van der Waals surface area (Å²) in [4.78, 5) is 20.5. The van der Waals surface area contributed by atoms with Crippen LogP contribution in [0.25, 0.3) is 22.3 Å². The quantitative estimate of drug-likeness (QED) is 0.176. The number of benzene rings is 3. The van der Waals surface area contributed by atoms with Gasteiger partial charge in [-0.1, -0.05) is 18.2 Å². The molecule has 0 unspecified atom stereocenters. The summed E-state index contributed by atoms with van der Waals surface area (Å²) < 4.78 is 58.5. The number of aromatic carboxylic acids is 1. The molecule has 1 atom stereocenters. The van der Waals surface area contributed by atoms with Gasteiger partial charge in [0, 0.05) is 36.4 Å². The molecule has 224 valence electrons. The summed E-state index contributed by atoms with van der Waals surface area (Å²) in [6.45, 7) is 0.895. The Hall–Kier alpha value is -5.03. The molecule has 0 bridgehead atoms. The zero-order valence-electron chi connectivity index (χ0n) is 23.4. The highest BCUT2D eigenvalue weighted by molar-refractivity contribution is 5.92. The van der Waals surface area contributed by atoms with E-state index in [-0.39, 0.29) is 53.0 Å². The van der Waals surface area contributed by atoms with Gasteiger partial charge in [0.1, 0.15) is 29.9 Å². The molecule has 0 amide bonds. The maximum Gasteiger partial charge on any atom is 0.335 e. The third-order valence-electron chi connectivity index (χ3n) is 7.59. The highest BCUT2D eigenvalue weighted by Crippen LogP contribution is 2.29. The van der Waals surface area contributed by atoms with Crippen molar-refractivity contribution < 1.29 is 32.5 Å². The van der Waals surface area contributed by atoms with E-state index in [9.17, 15) is 14.3 Å². The number of nitrogens with one attached hydrogen (secondary N) is 1. The number of carbonyl (C=O) groups is 1. The number of rotatable bonds is 10. The van der Waals surface area contributed by atoms with E-state index in [4.69, 9.17) is 14.9 Å². The molecule has 1 saturated heterocycles. The van der Waals surface area contributed by atoms with Crippen LogP contribution in [0.5, 0.6) is 5.88 Å². The molecule has 0 saturated carbocycles. The monoisotopic (exact) mass is 600 g/mol. The van der Waals surface area contributed by atoms with Gasteiger partial charge >= 0.3 is 5.97 Å². The first kappa shape index (κ1) is 29.1. The minimum Gasteiger partial charge on any atom is -0.478 e. The molecule has 6 rings (SSSR count). The van der Waals surface area contributed by atoms with Crippen molar-refractivity contribution in [2.75, 3.05) is 6.61 Å². The summed E-state index contributed by atoms with van der Waals surface area (Å²) in [5, 5.41) is 16.7. The minimum atomic E-state index is -1.07. The average molecular weight is 601 g/mol. The maximum atomic E-state index is 15.5. The lowest BCUT2D eigenvalue weighted by atomic mass is 10.0. The van der Waals surface area contributed by atoms with Gasteiger partial charge < -0.3 is 24.6 Å². The minimum absolute atomic E-state index is 0.0360. The van der Waals surface area contributed by atoms with Gasteiger partial charge in [0.05, 0.1) is 34.9 Å². The van der Waals surface area contributed by atoms with Crippen LogP contribution < -0.4 is 4.74 Å². The van der Waals surface area contributed by atoms with Crippen molar-refractivity contribution in [1.82, 2.24) is 14.5 Å². The van der Waals surface area contributed by atoms with Crippen LogP contribution in [0, 0.1) is 22.9 Å². The van der Waals surface area contributed by atoms with Crippen LogP contribution in [0.2, 0.25) is 0 Å². The molecule has 3 aromatic carbocycles. The largest absolute Gasteiger partial charge is 0.478 e. The van der Waals surface area contributed by atoms with Crippen molar-refractivity contribution in [1.29, 1.82) is 5.41 Å². The van der Waals surface area contributed by atoms with Gasteiger partial charge in [-0.2, -0.15) is 0 Å². The summed E-state index contributed by atoms with van der Waals surface area (Å²) in [6.07, 6.45) is 2.64. The first-order chi connectivity index (χ1) is 21.3. The second-order valence-corrected chi connectivity index (χ2v) is 10.5. The third-order valence-corrected chi connectivity index (χ3v) is 7.59. The molecule has 0 spiro atoms. The van der Waals surface area contributed by atoms with Crippen LogP contribution in [0.15, 0.2) is 66.7 Å². The molecule has 44 heavy (non-hydrogen) atoms. The van der Waals surface area contributed by atoms with E-state index in [2.05, 4.69) is 9.97 Å². The fourth-order valence-electron chi connectivity index (χ4n) is 5.29. The Balaban J connectivity index is 1.26. The lowest BCUT2D eigenvalue weighted by molar-refractivity contribution is 0.0697. The molecule has 11 heteroatoms. The fraction of sp³-hybridized carbons (Fsp3) is 0.212. The van der Waals surface area contributed by atoms with Crippen molar-refractivity contribution in [3.8, 4) is 17.1 Å². The highest BCUT2D eigenvalue weighted by atomic mass is 19.1. The average Bonchev–Trinajstić information content (AvgIpc) is 3.66. The van der Waals surface area contributed by atoms with Gasteiger partial charge in [-0.3, -0.25) is 0 Å². The van der Waals surface area contributed by atoms with Crippen molar-refractivity contribution >= 4 is 23.2 Å². The van der Waals surface area contributed by atoms with Crippen LogP contribution in [-0.4, -0.2) is 44.5 Å². The Morgan fingerprint density at radius 2 is 1.86 bits per heavy atom. The number of imidazole rings is 1. The van der Waals surface area contributed by atoms with Gasteiger partial charge in [-0.05, 0) is 66.4 Å². The number of halogens is 3. The molecule has 2 aromatic heterocycles. The number of aromatic nitrogens is 3. The Labute approximate surface area is 250 Å². The van der Waals surface area contributed by atoms with Gasteiger partial charge in [-0.15, -0.1) is 0 Å². The van der Waals surface area contributed by atoms with Gasteiger partial charge in [0.25, 0.3) is 0 Å². The van der Waals surface area contributed by atoms with Crippen LogP contribution in [-0.2, 0) is 24.3 Å². The summed E-state index contributed by atoms with van der Waals surface area (Å²) in [5.41, 5.74) is 2.04. The Kier molecular flexibility index (Phi) is 8.12. The zero-order valence-corrected chi connectivity index (χ0v) is 23.4. The summed E-state index contributed by atoms with van der Waals surface area (Å²) in [5.74, 6) is -2.41. The Bertz CT molecular complexity index is 1890. The van der Waals surface area contributed by atoms with Crippen molar-refractivity contribution in [3.05, 3.63) is 112 Å². The van der Waals surface area contributed by atoms with E-state index < -0.39 is 23.4 Å². The lowest BCUT2D eigenvalue weighted by Crippen LogP contribution is -2.17. The molecular weight excluding hydrogens is 573 g/mol. The first-order valence-electron chi connectivity index (χ1n) is 14.0. The molecule has 0 aliphatic carbocycles. The van der Waals surface area contributed by atoms with Crippen molar-refractivity contribution in [2.45, 2.75) is 38.5 Å². The van der Waals surface area contributed by atoms with Crippen LogP contribution in [0.3, 0.4) is 0 Å². The first-order valence-corrected chi connectivity index (χ1v) is 14.0. The van der Waals surface area contributed by atoms with Crippen LogP contribution >= 0.6 is 0 Å². The van der Waals surface area contributed by atoms with Gasteiger partial charge in [-0.25, -0.2) is 27.9 Å². The highest BCUT2D eigenvalue weighted by Gasteiger charge is 2.22. The lowest BCUT2D eigenvalue weighted by Gasteiger charge is -2.15. The molecular formula is C33H27F3N4O4. The van der Waals surface area contributed by atoms with Gasteiger partial charge in [0.2, 0.25) is 5.88 Å². The molecule has 0 radical (unpaired) electrons. The Morgan fingerprint density at radius 3 is 2.61 bits per heavy atom. The molecule has 1 fully saturated rings. The predicted octanol–water partition coefficient (Wildman–Crippen LogP) is 6.56. The number of carboxylic acid groups (broad SMARTS) is 1. The van der Waals surface area contributed by atoms with Gasteiger partial charge in [0.15, 0.2) is 0 Å². The van der Waals surface area contributed by atoms with Crippen LogP contribution in [0.4, 0.5) is 13.2 Å². The van der Waals surface area contributed by atoms with E-state index in [1.54, 1.807) is 18.2 Å². The number of pyridine rings is 1. The van der Waals surface area contributed by atoms with E-state index in [1.165, 1.54) is 36.4 Å². The Morgan fingerprint density at radius 1 is 1.02 bits per heavy atom. The predicted molar refractivity (Wildman–Crippen MR) is 157 cm³/mol. The number of ether oxygens (including phenoxy) is 2. The van der Waals surface area contributed by atoms with E-state index in [0.29, 0.717) is 35.6 Å². The number of carboxylic acids is 1. The molecule has 2 N–H and O–H groups in total. The molecule has 3 heterocycles. The number of fused-ring (bicyclic) bond motifs is 1. The van der Waals surface area contributed by atoms with Crippen molar-refractivity contribution in [3.63, 3.8) is 0 Å². The number of hydrogen-bond acceptors (Lipinski definition) is 6.